The molecular formula is C27H33Cl2N5O3S2. The van der Waals surface area contributed by atoms with Gasteiger partial charge in [-0.1, -0.05) is 47.9 Å². The van der Waals surface area contributed by atoms with Crippen LogP contribution in [-0.4, -0.2) is 59.2 Å². The van der Waals surface area contributed by atoms with E-state index < -0.39 is 5.60 Å². The van der Waals surface area contributed by atoms with E-state index in [1.807, 2.05) is 32.2 Å². The van der Waals surface area contributed by atoms with Crippen LogP contribution in [0.4, 0.5) is 14.9 Å². The molecule has 2 unspecified atom stereocenters. The number of rotatable bonds is 7. The van der Waals surface area contributed by atoms with Crippen LogP contribution in [-0.2, 0) is 4.74 Å². The van der Waals surface area contributed by atoms with Gasteiger partial charge in [0.2, 0.25) is 0 Å². The maximum absolute atomic E-state index is 13.0. The average Bonchev–Trinajstić information content (AvgIpc) is 3.57. The molecule has 3 aromatic heterocycles. The zero-order chi connectivity index (χ0) is 28.5. The molecule has 4 heterocycles. The lowest BCUT2D eigenvalue weighted by Gasteiger charge is -2.27. The van der Waals surface area contributed by atoms with Crippen LogP contribution in [0.5, 0.6) is 0 Å². The van der Waals surface area contributed by atoms with Gasteiger partial charge in [0.25, 0.3) is 5.91 Å². The van der Waals surface area contributed by atoms with Gasteiger partial charge in [-0.25, -0.2) is 9.78 Å². The zero-order valence-corrected chi connectivity index (χ0v) is 26.0. The first-order chi connectivity index (χ1) is 18.3. The van der Waals surface area contributed by atoms with Gasteiger partial charge in [-0.15, -0.1) is 11.3 Å². The van der Waals surface area contributed by atoms with E-state index in [-0.39, 0.29) is 17.9 Å². The molecule has 39 heavy (non-hydrogen) atoms. The van der Waals surface area contributed by atoms with Crippen molar-refractivity contribution in [2.24, 2.45) is 11.8 Å². The van der Waals surface area contributed by atoms with Gasteiger partial charge in [0.05, 0.1) is 26.2 Å². The number of thiazole rings is 1. The molecule has 0 bridgehead atoms. The van der Waals surface area contributed by atoms with Gasteiger partial charge in [0.1, 0.15) is 16.3 Å². The van der Waals surface area contributed by atoms with E-state index in [1.165, 1.54) is 28.9 Å². The summed E-state index contributed by atoms with van der Waals surface area (Å²) in [5.74, 6) is 0.314. The molecule has 1 aliphatic heterocycles. The monoisotopic (exact) mass is 609 g/mol. The predicted octanol–water partition coefficient (Wildman–Crippen LogP) is 7.46. The average molecular weight is 611 g/mol. The van der Waals surface area contributed by atoms with Crippen LogP contribution >= 0.6 is 45.9 Å². The third-order valence-corrected chi connectivity index (χ3v) is 9.22. The van der Waals surface area contributed by atoms with Crippen molar-refractivity contribution in [3.8, 4) is 10.6 Å². The fraction of sp³-hybridized carbons (Fsp3) is 0.481. The number of anilines is 2. The first kappa shape index (κ1) is 29.6. The lowest BCUT2D eigenvalue weighted by Crippen LogP contribution is -2.38. The normalized spacial score (nSPS) is 17.4. The summed E-state index contributed by atoms with van der Waals surface area (Å²) in [5, 5.41) is 7.31. The Morgan fingerprint density at radius 1 is 1.23 bits per heavy atom. The Labute approximate surface area is 247 Å². The maximum atomic E-state index is 13.0. The first-order valence-electron chi connectivity index (χ1n) is 12.7. The van der Waals surface area contributed by atoms with Gasteiger partial charge in [0, 0.05) is 38.3 Å². The largest absolute Gasteiger partial charge is 0.444 e. The highest BCUT2D eigenvalue weighted by Gasteiger charge is 2.36. The Balaban J connectivity index is 1.57. The van der Waals surface area contributed by atoms with E-state index in [0.717, 1.165) is 35.1 Å². The quantitative estimate of drug-likeness (QED) is 0.299. The smallest absolute Gasteiger partial charge is 0.410 e. The predicted molar refractivity (Wildman–Crippen MR) is 161 cm³/mol. The Morgan fingerprint density at radius 3 is 2.56 bits per heavy atom. The lowest BCUT2D eigenvalue weighted by atomic mass is 9.93. The van der Waals surface area contributed by atoms with Crippen LogP contribution in [0.2, 0.25) is 10.0 Å². The number of amides is 2. The standard InChI is InChI=1S/C27H33Cl2N5O3S2/c1-7-16-12-34(13-18(16)11-33(6)26(36)37-27(3,4)5)24-22(21-9-19(28)14-38-21)31-25(39-24)32-23(35)17-8-20(29)15(2)30-10-17/h8-10,14,16,18H,7,11-13H2,1-6H3,(H,31,32,35). The van der Waals surface area contributed by atoms with Gasteiger partial charge in [0.15, 0.2) is 5.13 Å². The zero-order valence-electron chi connectivity index (χ0n) is 22.9. The number of nitrogens with zero attached hydrogens (tertiary/aromatic N) is 4. The van der Waals surface area contributed by atoms with Crippen LogP contribution < -0.4 is 10.2 Å². The molecular weight excluding hydrogens is 577 g/mol. The number of carbonyl (C=O) groups excluding carboxylic acids is 2. The van der Waals surface area contributed by atoms with E-state index in [2.05, 4.69) is 22.1 Å². The molecule has 2 amide bonds. The van der Waals surface area contributed by atoms with Gasteiger partial charge >= 0.3 is 6.09 Å². The second-order valence-corrected chi connectivity index (χ2v) is 13.5. The first-order valence-corrected chi connectivity index (χ1v) is 15.2. The molecule has 1 fully saturated rings. The van der Waals surface area contributed by atoms with Crippen LogP contribution in [0.15, 0.2) is 23.7 Å². The molecule has 1 aliphatic rings. The molecule has 1 N–H and O–H groups in total. The molecule has 12 heteroatoms. The van der Waals surface area contributed by atoms with Crippen LogP contribution in [0.3, 0.4) is 0 Å². The molecule has 0 saturated carbocycles. The van der Waals surface area contributed by atoms with Gasteiger partial charge in [-0.3, -0.25) is 15.1 Å². The molecule has 3 aromatic rings. The van der Waals surface area contributed by atoms with E-state index in [9.17, 15) is 9.59 Å². The Bertz CT molecular complexity index is 1350. The highest BCUT2D eigenvalue weighted by Crippen LogP contribution is 2.44. The summed E-state index contributed by atoms with van der Waals surface area (Å²) < 4.78 is 5.56. The number of hydrogen-bond donors (Lipinski definition) is 1. The number of aromatic nitrogens is 2. The van der Waals surface area contributed by atoms with Crippen LogP contribution in [0.25, 0.3) is 10.6 Å². The van der Waals surface area contributed by atoms with Crippen molar-refractivity contribution < 1.29 is 14.3 Å². The molecule has 0 spiro atoms. The van der Waals surface area contributed by atoms with Crippen LogP contribution in [0, 0.1) is 18.8 Å². The Morgan fingerprint density at radius 2 is 1.95 bits per heavy atom. The SMILES string of the molecule is CCC1CN(c2sc(NC(=O)c3cnc(C)c(Cl)c3)nc2-c2cc(Cl)cs2)CC1CN(C)C(=O)OC(C)(C)C. The highest BCUT2D eigenvalue weighted by molar-refractivity contribution is 7.21. The molecule has 8 nitrogen and oxygen atoms in total. The third-order valence-electron chi connectivity index (χ3n) is 6.52. The van der Waals surface area contributed by atoms with Crippen molar-refractivity contribution in [3.05, 3.63) is 45.0 Å². The fourth-order valence-corrected chi connectivity index (χ4v) is 6.81. The van der Waals surface area contributed by atoms with Crippen LogP contribution in [0.1, 0.15) is 50.2 Å². The molecule has 0 radical (unpaired) electrons. The number of carbonyl (C=O) groups is 2. The van der Waals surface area contributed by atoms with Crippen molar-refractivity contribution in [1.29, 1.82) is 0 Å². The van der Waals surface area contributed by atoms with E-state index >= 15 is 0 Å². The summed E-state index contributed by atoms with van der Waals surface area (Å²) in [6.07, 6.45) is 2.16. The van der Waals surface area contributed by atoms with E-state index in [0.29, 0.717) is 38.9 Å². The minimum absolute atomic E-state index is 0.258. The summed E-state index contributed by atoms with van der Waals surface area (Å²) in [6, 6.07) is 3.49. The summed E-state index contributed by atoms with van der Waals surface area (Å²) in [6.45, 7) is 11.7. The topological polar surface area (TPSA) is 87.7 Å². The van der Waals surface area contributed by atoms with Crippen molar-refractivity contribution in [1.82, 2.24) is 14.9 Å². The number of ether oxygens (including phenoxy) is 1. The van der Waals surface area contributed by atoms with E-state index in [4.69, 9.17) is 32.9 Å². The second kappa shape index (κ2) is 12.0. The number of halogens is 2. The Kier molecular flexibility index (Phi) is 9.10. The molecule has 2 atom stereocenters. The number of nitrogens with one attached hydrogen (secondary N) is 1. The highest BCUT2D eigenvalue weighted by atomic mass is 35.5. The van der Waals surface area contributed by atoms with Gasteiger partial charge in [-0.2, -0.15) is 0 Å². The Hall–Kier alpha value is -2.40. The van der Waals surface area contributed by atoms with Gasteiger partial charge in [-0.05, 0) is 51.7 Å². The second-order valence-electron chi connectivity index (χ2n) is 10.7. The number of hydrogen-bond acceptors (Lipinski definition) is 8. The van der Waals surface area contributed by atoms with Crippen molar-refractivity contribution in [2.45, 2.75) is 46.6 Å². The molecule has 0 aliphatic carbocycles. The number of aryl methyl sites for hydroxylation is 1. The summed E-state index contributed by atoms with van der Waals surface area (Å²) >= 11 is 15.4. The summed E-state index contributed by atoms with van der Waals surface area (Å²) in [7, 11) is 1.79. The van der Waals surface area contributed by atoms with Crippen molar-refractivity contribution >= 4 is 68.0 Å². The number of pyridine rings is 1. The maximum Gasteiger partial charge on any atom is 0.410 e. The molecule has 4 rings (SSSR count). The van der Waals surface area contributed by atoms with Crippen molar-refractivity contribution in [3.63, 3.8) is 0 Å². The van der Waals surface area contributed by atoms with Crippen molar-refractivity contribution in [2.75, 3.05) is 36.9 Å². The fourth-order valence-electron chi connectivity index (χ4n) is 4.52. The minimum atomic E-state index is -0.544. The lowest BCUT2D eigenvalue weighted by molar-refractivity contribution is 0.0266. The van der Waals surface area contributed by atoms with Gasteiger partial charge < -0.3 is 14.5 Å². The summed E-state index contributed by atoms with van der Waals surface area (Å²) in [5.41, 5.74) is 1.26. The summed E-state index contributed by atoms with van der Waals surface area (Å²) in [4.78, 5) is 39.5. The van der Waals surface area contributed by atoms with E-state index in [1.54, 1.807) is 24.9 Å². The molecule has 1 saturated heterocycles. The minimum Gasteiger partial charge on any atom is -0.444 e. The number of thiophene rings is 1. The molecule has 0 aromatic carbocycles. The third kappa shape index (κ3) is 7.22. The molecule has 210 valence electrons.